The van der Waals surface area contributed by atoms with E-state index in [0.29, 0.717) is 12.3 Å². The summed E-state index contributed by atoms with van der Waals surface area (Å²) in [5, 5.41) is 16.0. The fourth-order valence-electron chi connectivity index (χ4n) is 0.586. The van der Waals surface area contributed by atoms with Gasteiger partial charge in [-0.1, -0.05) is 0 Å². The van der Waals surface area contributed by atoms with E-state index in [4.69, 9.17) is 15.9 Å². The van der Waals surface area contributed by atoms with E-state index in [0.717, 1.165) is 11.8 Å². The number of aliphatic carboxylic acids is 2. The number of carbonyl (C=O) groups is 2. The van der Waals surface area contributed by atoms with Gasteiger partial charge < -0.3 is 15.9 Å². The summed E-state index contributed by atoms with van der Waals surface area (Å²) >= 11 is 1.05. The van der Waals surface area contributed by atoms with Gasteiger partial charge in [0.2, 0.25) is 0 Å². The molecule has 4 N–H and O–H groups in total. The average molecular weight is 193 g/mol. The molecule has 6 heteroatoms. The summed E-state index contributed by atoms with van der Waals surface area (Å²) in [6.07, 6.45) is -0.361. The highest BCUT2D eigenvalue weighted by molar-refractivity contribution is 8.00. The number of rotatable bonds is 6. The molecule has 0 aromatic carbocycles. The predicted octanol–water partition coefficient (Wildman–Crippen LogP) is -0.394. The van der Waals surface area contributed by atoms with E-state index in [9.17, 15) is 9.59 Å². The summed E-state index contributed by atoms with van der Waals surface area (Å²) in [6.45, 7) is 0.355. The van der Waals surface area contributed by atoms with Crippen LogP contribution in [0.15, 0.2) is 0 Å². The second kappa shape index (κ2) is 5.84. The molecule has 0 fully saturated rings. The minimum Gasteiger partial charge on any atom is -0.481 e. The highest BCUT2D eigenvalue weighted by Gasteiger charge is 2.20. The molecule has 0 bridgehead atoms. The minimum atomic E-state index is -1.10. The second-order valence-corrected chi connectivity index (χ2v) is 3.39. The van der Waals surface area contributed by atoms with E-state index in [2.05, 4.69) is 0 Å². The lowest BCUT2D eigenvalue weighted by atomic mass is 10.3. The van der Waals surface area contributed by atoms with Crippen LogP contribution in [0.1, 0.15) is 6.42 Å². The van der Waals surface area contributed by atoms with Crippen molar-refractivity contribution in [2.45, 2.75) is 11.7 Å². The molecule has 0 saturated carbocycles. The van der Waals surface area contributed by atoms with Gasteiger partial charge in [0, 0.05) is 12.3 Å². The Morgan fingerprint density at radius 1 is 1.42 bits per heavy atom. The van der Waals surface area contributed by atoms with Gasteiger partial charge in [0.15, 0.2) is 0 Å². The van der Waals surface area contributed by atoms with Gasteiger partial charge in [0.25, 0.3) is 0 Å². The highest BCUT2D eigenvalue weighted by Crippen LogP contribution is 2.13. The molecular weight excluding hydrogens is 182 g/mol. The van der Waals surface area contributed by atoms with Crippen LogP contribution in [0.25, 0.3) is 0 Å². The lowest BCUT2D eigenvalue weighted by molar-refractivity contribution is -0.142. The van der Waals surface area contributed by atoms with Gasteiger partial charge in [-0.2, -0.15) is 0 Å². The first-order valence-corrected chi connectivity index (χ1v) is 4.39. The van der Waals surface area contributed by atoms with Crippen LogP contribution in [0.2, 0.25) is 0 Å². The number of thioether (sulfide) groups is 1. The van der Waals surface area contributed by atoms with E-state index in [1.165, 1.54) is 0 Å². The highest BCUT2D eigenvalue weighted by atomic mass is 32.2. The number of carboxylic acids is 2. The summed E-state index contributed by atoms with van der Waals surface area (Å²) in [6, 6.07) is 0. The molecule has 5 nitrogen and oxygen atoms in total. The maximum Gasteiger partial charge on any atom is 0.317 e. The normalized spacial score (nSPS) is 12.4. The van der Waals surface area contributed by atoms with Gasteiger partial charge in [-0.05, 0) is 0 Å². The van der Waals surface area contributed by atoms with Crippen molar-refractivity contribution in [2.24, 2.45) is 5.73 Å². The Kier molecular flexibility index (Phi) is 5.48. The smallest absolute Gasteiger partial charge is 0.317 e. The van der Waals surface area contributed by atoms with Crippen molar-refractivity contribution in [3.8, 4) is 0 Å². The maximum atomic E-state index is 10.4. The van der Waals surface area contributed by atoms with Crippen LogP contribution in [-0.4, -0.2) is 39.7 Å². The molecule has 1 atom stereocenters. The molecule has 0 aromatic rings. The monoisotopic (exact) mass is 193 g/mol. The van der Waals surface area contributed by atoms with Crippen LogP contribution in [-0.2, 0) is 9.59 Å². The van der Waals surface area contributed by atoms with Gasteiger partial charge in [-0.25, -0.2) is 0 Å². The van der Waals surface area contributed by atoms with Crippen molar-refractivity contribution in [2.75, 3.05) is 12.3 Å². The molecular formula is C6H11NO4S. The van der Waals surface area contributed by atoms with Gasteiger partial charge in [0.1, 0.15) is 5.25 Å². The molecule has 12 heavy (non-hydrogen) atoms. The Morgan fingerprint density at radius 2 is 2.00 bits per heavy atom. The molecule has 0 aliphatic carbocycles. The Hall–Kier alpha value is -0.750. The fraction of sp³-hybridized carbons (Fsp3) is 0.667. The summed E-state index contributed by atoms with van der Waals surface area (Å²) in [7, 11) is 0. The zero-order chi connectivity index (χ0) is 9.56. The molecule has 0 aromatic heterocycles. The van der Waals surface area contributed by atoms with E-state index in [1.807, 2.05) is 0 Å². The first kappa shape index (κ1) is 11.2. The van der Waals surface area contributed by atoms with Crippen LogP contribution < -0.4 is 5.73 Å². The van der Waals surface area contributed by atoms with Gasteiger partial charge in [-0.15, -0.1) is 11.8 Å². The van der Waals surface area contributed by atoms with E-state index in [1.54, 1.807) is 0 Å². The topological polar surface area (TPSA) is 101 Å². The third-order valence-corrected chi connectivity index (χ3v) is 2.31. The van der Waals surface area contributed by atoms with E-state index >= 15 is 0 Å². The first-order chi connectivity index (χ1) is 5.57. The number of nitrogens with two attached hydrogens (primary N) is 1. The summed E-state index contributed by atoms with van der Waals surface area (Å²) in [5.41, 5.74) is 5.15. The third kappa shape index (κ3) is 4.97. The number of carboxylic acid groups (broad SMARTS) is 2. The zero-order valence-electron chi connectivity index (χ0n) is 6.40. The SMILES string of the molecule is NCCSC(CC(=O)O)C(=O)O. The summed E-state index contributed by atoms with van der Waals surface area (Å²) < 4.78 is 0. The molecule has 0 saturated heterocycles. The van der Waals surface area contributed by atoms with Crippen LogP contribution in [0.3, 0.4) is 0 Å². The predicted molar refractivity (Wildman–Crippen MR) is 45.2 cm³/mol. The van der Waals surface area contributed by atoms with Crippen LogP contribution in [0.4, 0.5) is 0 Å². The van der Waals surface area contributed by atoms with E-state index < -0.39 is 17.2 Å². The molecule has 0 heterocycles. The molecule has 0 radical (unpaired) electrons. The largest absolute Gasteiger partial charge is 0.481 e. The lowest BCUT2D eigenvalue weighted by Crippen LogP contribution is -2.21. The Bertz CT molecular complexity index is 173. The van der Waals surface area contributed by atoms with Crippen LogP contribution in [0, 0.1) is 0 Å². The summed E-state index contributed by atoms with van der Waals surface area (Å²) in [4.78, 5) is 20.6. The van der Waals surface area contributed by atoms with Crippen molar-refractivity contribution in [3.63, 3.8) is 0 Å². The Morgan fingerprint density at radius 3 is 2.33 bits per heavy atom. The number of hydrogen-bond donors (Lipinski definition) is 3. The quantitative estimate of drug-likeness (QED) is 0.531. The van der Waals surface area contributed by atoms with Crippen molar-refractivity contribution in [1.82, 2.24) is 0 Å². The molecule has 0 aliphatic rings. The van der Waals surface area contributed by atoms with Gasteiger partial charge in [0.05, 0.1) is 6.42 Å². The van der Waals surface area contributed by atoms with Gasteiger partial charge >= 0.3 is 11.9 Å². The first-order valence-electron chi connectivity index (χ1n) is 3.34. The molecule has 0 rings (SSSR count). The van der Waals surface area contributed by atoms with Crippen molar-refractivity contribution < 1.29 is 19.8 Å². The third-order valence-electron chi connectivity index (χ3n) is 1.07. The summed E-state index contributed by atoms with van der Waals surface area (Å²) in [5.74, 6) is -1.74. The fourth-order valence-corrected chi connectivity index (χ4v) is 1.41. The maximum absolute atomic E-state index is 10.4. The van der Waals surface area contributed by atoms with Crippen molar-refractivity contribution in [1.29, 1.82) is 0 Å². The minimum absolute atomic E-state index is 0.355. The Labute approximate surface area is 73.9 Å². The van der Waals surface area contributed by atoms with Gasteiger partial charge in [-0.3, -0.25) is 9.59 Å². The Balaban J connectivity index is 3.87. The van der Waals surface area contributed by atoms with Crippen LogP contribution in [0.5, 0.6) is 0 Å². The van der Waals surface area contributed by atoms with Crippen LogP contribution >= 0.6 is 11.8 Å². The molecule has 0 amide bonds. The number of hydrogen-bond acceptors (Lipinski definition) is 4. The van der Waals surface area contributed by atoms with Crippen molar-refractivity contribution >= 4 is 23.7 Å². The lowest BCUT2D eigenvalue weighted by Gasteiger charge is -2.07. The second-order valence-electron chi connectivity index (χ2n) is 2.08. The average Bonchev–Trinajstić information content (AvgIpc) is 1.96. The zero-order valence-corrected chi connectivity index (χ0v) is 7.21. The van der Waals surface area contributed by atoms with Crippen molar-refractivity contribution in [3.05, 3.63) is 0 Å². The standard InChI is InChI=1S/C6H11NO4S/c7-1-2-12-4(6(10)11)3-5(8)9/h4H,1-3,7H2,(H,8,9)(H,10,11). The molecule has 1 unspecified atom stereocenters. The molecule has 70 valence electrons. The molecule has 0 aliphatic heterocycles. The van der Waals surface area contributed by atoms with E-state index in [-0.39, 0.29) is 6.42 Å². The molecule has 0 spiro atoms.